The zero-order valence-corrected chi connectivity index (χ0v) is 15.6. The molecule has 1 amide bonds. The third-order valence-electron chi connectivity index (χ3n) is 3.84. The first-order valence-electron chi connectivity index (χ1n) is 7.25. The summed E-state index contributed by atoms with van der Waals surface area (Å²) in [7, 11) is -0.344. The highest BCUT2D eigenvalue weighted by atomic mass is 35.5. The standard InChI is InChI=1S/C15H25N3O3S.ClH/c1-5-15(16,6-2)11-17-22(20,21)13-9-7-12(8-10-13)14(19)18(3)4;/h7-10,17H,5-6,11,16H2,1-4H3;1H. The van der Waals surface area contributed by atoms with Crippen molar-refractivity contribution in [3.63, 3.8) is 0 Å². The molecule has 1 rings (SSSR count). The summed E-state index contributed by atoms with van der Waals surface area (Å²) >= 11 is 0. The minimum atomic E-state index is -3.63. The van der Waals surface area contributed by atoms with Crippen molar-refractivity contribution in [2.45, 2.75) is 37.1 Å². The number of carbonyl (C=O) groups is 1. The Morgan fingerprint density at radius 3 is 2.04 bits per heavy atom. The van der Waals surface area contributed by atoms with Crippen LogP contribution in [0.3, 0.4) is 0 Å². The van der Waals surface area contributed by atoms with Crippen molar-refractivity contribution in [3.05, 3.63) is 29.8 Å². The van der Waals surface area contributed by atoms with Crippen LogP contribution in [0.2, 0.25) is 0 Å². The number of nitrogens with two attached hydrogens (primary N) is 1. The van der Waals surface area contributed by atoms with Crippen LogP contribution < -0.4 is 10.5 Å². The predicted octanol–water partition coefficient (Wildman–Crippen LogP) is 1.61. The smallest absolute Gasteiger partial charge is 0.253 e. The molecule has 0 atom stereocenters. The second-order valence-electron chi connectivity index (χ2n) is 5.62. The van der Waals surface area contributed by atoms with Crippen molar-refractivity contribution >= 4 is 28.3 Å². The lowest BCUT2D eigenvalue weighted by Gasteiger charge is -2.26. The summed E-state index contributed by atoms with van der Waals surface area (Å²) in [6, 6.07) is 5.86. The van der Waals surface area contributed by atoms with Gasteiger partial charge in [0.15, 0.2) is 0 Å². The van der Waals surface area contributed by atoms with E-state index in [2.05, 4.69) is 4.72 Å². The Kier molecular flexibility index (Phi) is 8.20. The highest BCUT2D eigenvalue weighted by Crippen LogP contribution is 2.14. The van der Waals surface area contributed by atoms with Crippen LogP contribution in [0, 0.1) is 0 Å². The highest BCUT2D eigenvalue weighted by molar-refractivity contribution is 7.89. The maximum Gasteiger partial charge on any atom is 0.253 e. The van der Waals surface area contributed by atoms with E-state index < -0.39 is 15.6 Å². The van der Waals surface area contributed by atoms with Gasteiger partial charge in [-0.3, -0.25) is 4.79 Å². The molecule has 0 aliphatic heterocycles. The summed E-state index contributed by atoms with van der Waals surface area (Å²) in [6.45, 7) is 4.04. The van der Waals surface area contributed by atoms with Gasteiger partial charge in [-0.25, -0.2) is 13.1 Å². The van der Waals surface area contributed by atoms with Crippen molar-refractivity contribution in [1.29, 1.82) is 0 Å². The molecule has 0 saturated carbocycles. The van der Waals surface area contributed by atoms with Gasteiger partial charge in [0, 0.05) is 31.7 Å². The van der Waals surface area contributed by atoms with E-state index in [0.29, 0.717) is 18.4 Å². The maximum absolute atomic E-state index is 12.3. The molecule has 0 heterocycles. The van der Waals surface area contributed by atoms with E-state index >= 15 is 0 Å². The van der Waals surface area contributed by atoms with Crippen LogP contribution in [0.4, 0.5) is 0 Å². The normalized spacial score (nSPS) is 11.7. The van der Waals surface area contributed by atoms with Crippen molar-refractivity contribution in [1.82, 2.24) is 9.62 Å². The largest absolute Gasteiger partial charge is 0.345 e. The van der Waals surface area contributed by atoms with Crippen LogP contribution in [0.15, 0.2) is 29.2 Å². The number of rotatable bonds is 7. The molecule has 0 saturated heterocycles. The zero-order chi connectivity index (χ0) is 17.0. The van der Waals surface area contributed by atoms with E-state index in [9.17, 15) is 13.2 Å². The second kappa shape index (κ2) is 8.63. The van der Waals surface area contributed by atoms with E-state index in [4.69, 9.17) is 5.73 Å². The van der Waals surface area contributed by atoms with Gasteiger partial charge in [0.25, 0.3) is 5.91 Å². The summed E-state index contributed by atoms with van der Waals surface area (Å²) in [5.41, 5.74) is 6.00. The lowest BCUT2D eigenvalue weighted by Crippen LogP contribution is -2.49. The van der Waals surface area contributed by atoms with Crippen molar-refractivity contribution < 1.29 is 13.2 Å². The minimum absolute atomic E-state index is 0. The van der Waals surface area contributed by atoms with Gasteiger partial charge in [0.1, 0.15) is 0 Å². The molecule has 3 N–H and O–H groups in total. The number of hydrogen-bond donors (Lipinski definition) is 2. The number of nitrogens with one attached hydrogen (secondary N) is 1. The van der Waals surface area contributed by atoms with E-state index in [1.54, 1.807) is 14.1 Å². The first kappa shape index (κ1) is 21.9. The number of carbonyl (C=O) groups excluding carboxylic acids is 1. The third-order valence-corrected chi connectivity index (χ3v) is 5.26. The van der Waals surface area contributed by atoms with Gasteiger partial charge >= 0.3 is 0 Å². The predicted molar refractivity (Wildman–Crippen MR) is 94.4 cm³/mol. The minimum Gasteiger partial charge on any atom is -0.345 e. The molecule has 0 aliphatic rings. The quantitative estimate of drug-likeness (QED) is 0.769. The van der Waals surface area contributed by atoms with E-state index in [-0.39, 0.29) is 29.8 Å². The molecule has 23 heavy (non-hydrogen) atoms. The monoisotopic (exact) mass is 363 g/mol. The Balaban J connectivity index is 0.00000484. The molecule has 6 nitrogen and oxygen atoms in total. The van der Waals surface area contributed by atoms with Crippen LogP contribution in [-0.4, -0.2) is 45.4 Å². The van der Waals surface area contributed by atoms with E-state index in [1.165, 1.54) is 29.2 Å². The van der Waals surface area contributed by atoms with Gasteiger partial charge < -0.3 is 10.6 Å². The first-order chi connectivity index (χ1) is 10.1. The van der Waals surface area contributed by atoms with Gasteiger partial charge in [-0.1, -0.05) is 13.8 Å². The fourth-order valence-electron chi connectivity index (χ4n) is 1.86. The van der Waals surface area contributed by atoms with Crippen LogP contribution in [-0.2, 0) is 10.0 Å². The average Bonchev–Trinajstić information content (AvgIpc) is 2.52. The van der Waals surface area contributed by atoms with E-state index in [0.717, 1.165) is 0 Å². The summed E-state index contributed by atoms with van der Waals surface area (Å²) < 4.78 is 27.1. The summed E-state index contributed by atoms with van der Waals surface area (Å²) in [5, 5.41) is 0. The Morgan fingerprint density at radius 1 is 1.17 bits per heavy atom. The zero-order valence-electron chi connectivity index (χ0n) is 14.0. The van der Waals surface area contributed by atoms with E-state index in [1.807, 2.05) is 13.8 Å². The number of amides is 1. The molecule has 0 unspecified atom stereocenters. The number of sulfonamides is 1. The Morgan fingerprint density at radius 2 is 1.65 bits per heavy atom. The molecule has 132 valence electrons. The molecule has 1 aromatic carbocycles. The van der Waals surface area contributed by atoms with Crippen molar-refractivity contribution in [2.24, 2.45) is 5.73 Å². The molecule has 0 aromatic heterocycles. The molecule has 0 spiro atoms. The SMILES string of the molecule is CCC(N)(CC)CNS(=O)(=O)c1ccc(C(=O)N(C)C)cc1.Cl. The number of benzene rings is 1. The molecule has 8 heteroatoms. The molecule has 0 bridgehead atoms. The molecular weight excluding hydrogens is 338 g/mol. The Bertz CT molecular complexity index is 611. The van der Waals surface area contributed by atoms with Crippen LogP contribution >= 0.6 is 12.4 Å². The molecular formula is C15H26ClN3O3S. The number of nitrogens with zero attached hydrogens (tertiary/aromatic N) is 1. The molecule has 0 fully saturated rings. The van der Waals surface area contributed by atoms with Gasteiger partial charge in [0.05, 0.1) is 4.90 Å². The number of hydrogen-bond acceptors (Lipinski definition) is 4. The maximum atomic E-state index is 12.3. The molecule has 1 aromatic rings. The Labute approximate surface area is 144 Å². The third kappa shape index (κ3) is 5.76. The van der Waals surface area contributed by atoms with Crippen LogP contribution in [0.1, 0.15) is 37.0 Å². The lowest BCUT2D eigenvalue weighted by atomic mass is 9.95. The summed E-state index contributed by atoms with van der Waals surface area (Å²) in [6.07, 6.45) is 1.37. The first-order valence-corrected chi connectivity index (χ1v) is 8.74. The second-order valence-corrected chi connectivity index (χ2v) is 7.38. The molecule has 0 aliphatic carbocycles. The van der Waals surface area contributed by atoms with Crippen molar-refractivity contribution in [2.75, 3.05) is 20.6 Å². The van der Waals surface area contributed by atoms with Crippen LogP contribution in [0.5, 0.6) is 0 Å². The fourth-order valence-corrected chi connectivity index (χ4v) is 3.00. The average molecular weight is 364 g/mol. The van der Waals surface area contributed by atoms with Gasteiger partial charge in [-0.2, -0.15) is 0 Å². The summed E-state index contributed by atoms with van der Waals surface area (Å²) in [4.78, 5) is 13.3. The lowest BCUT2D eigenvalue weighted by molar-refractivity contribution is 0.0827. The highest BCUT2D eigenvalue weighted by Gasteiger charge is 2.24. The van der Waals surface area contributed by atoms with Gasteiger partial charge in [-0.15, -0.1) is 12.4 Å². The topological polar surface area (TPSA) is 92.5 Å². The number of halogens is 1. The summed E-state index contributed by atoms with van der Waals surface area (Å²) in [5.74, 6) is -0.171. The van der Waals surface area contributed by atoms with Crippen molar-refractivity contribution in [3.8, 4) is 0 Å². The van der Waals surface area contributed by atoms with Gasteiger partial charge in [-0.05, 0) is 37.1 Å². The molecule has 0 radical (unpaired) electrons. The Hall–Kier alpha value is -1.15. The van der Waals surface area contributed by atoms with Crippen LogP contribution in [0.25, 0.3) is 0 Å². The fraction of sp³-hybridized carbons (Fsp3) is 0.533. The van der Waals surface area contributed by atoms with Gasteiger partial charge in [0.2, 0.25) is 10.0 Å².